The van der Waals surface area contributed by atoms with Crippen molar-refractivity contribution in [3.8, 4) is 11.8 Å². The maximum atomic E-state index is 13.5. The predicted molar refractivity (Wildman–Crippen MR) is 111 cm³/mol. The molecule has 0 bridgehead atoms. The Hall–Kier alpha value is -4.41. The van der Waals surface area contributed by atoms with Crippen molar-refractivity contribution < 1.29 is 40.3 Å². The summed E-state index contributed by atoms with van der Waals surface area (Å²) < 4.78 is 94.4. The number of amides is 2. The molecule has 14 heteroatoms. The molecule has 2 N–H and O–H groups in total. The van der Waals surface area contributed by atoms with E-state index >= 15 is 0 Å². The number of alkyl halides is 6. The number of nitriles is 1. The van der Waals surface area contributed by atoms with E-state index in [1.165, 1.54) is 20.0 Å². The zero-order valence-corrected chi connectivity index (χ0v) is 18.3. The first kappa shape index (κ1) is 26.2. The predicted octanol–water partition coefficient (Wildman–Crippen LogP) is 4.84. The van der Waals surface area contributed by atoms with E-state index in [1.807, 2.05) is 0 Å². The van der Waals surface area contributed by atoms with E-state index < -0.39 is 52.6 Å². The van der Waals surface area contributed by atoms with Gasteiger partial charge in [-0.15, -0.1) is 0 Å². The third-order valence-corrected chi connectivity index (χ3v) is 4.90. The van der Waals surface area contributed by atoms with Crippen LogP contribution >= 0.6 is 0 Å². The van der Waals surface area contributed by atoms with Gasteiger partial charge in [0, 0.05) is 13.1 Å². The number of carbonyl (C=O) groups excluding carboxylic acids is 2. The van der Waals surface area contributed by atoms with Crippen molar-refractivity contribution in [1.82, 2.24) is 15.1 Å². The van der Waals surface area contributed by atoms with Gasteiger partial charge < -0.3 is 10.6 Å². The number of anilines is 1. The summed E-state index contributed by atoms with van der Waals surface area (Å²) in [5.41, 5.74) is -5.59. The van der Waals surface area contributed by atoms with Crippen LogP contribution in [0, 0.1) is 24.1 Å². The molecule has 0 spiro atoms. The van der Waals surface area contributed by atoms with E-state index in [1.54, 1.807) is 6.07 Å². The number of carbonyl (C=O) groups is 2. The minimum atomic E-state index is -5.20. The number of hydrogen-bond acceptors (Lipinski definition) is 4. The minimum Gasteiger partial charge on any atom is -0.355 e. The molecule has 0 aliphatic heterocycles. The van der Waals surface area contributed by atoms with Crippen LogP contribution in [0.3, 0.4) is 0 Å². The van der Waals surface area contributed by atoms with Gasteiger partial charge in [-0.3, -0.25) is 9.59 Å². The topological polar surface area (TPSA) is 99.8 Å². The summed E-state index contributed by atoms with van der Waals surface area (Å²) in [6, 6.07) is 5.57. The standard InChI is InChI=1S/C22H14F7N5O2/c1-10-5-11(9-30)6-13(19(35)31-2)18(10)32-20(36)16-8-17(22(27,28)29)33-34(16)15-4-3-12(23)7-14(15)21(24,25)26/h3-8H,1-2H3,(H,31,35)(H,32,36). The Kier molecular flexibility index (Phi) is 6.79. The average molecular weight is 513 g/mol. The zero-order valence-electron chi connectivity index (χ0n) is 18.3. The second-order valence-corrected chi connectivity index (χ2v) is 7.34. The van der Waals surface area contributed by atoms with Crippen LogP contribution in [0.4, 0.5) is 36.4 Å². The summed E-state index contributed by atoms with van der Waals surface area (Å²) in [6.07, 6.45) is -10.3. The van der Waals surface area contributed by atoms with Gasteiger partial charge in [-0.1, -0.05) is 0 Å². The van der Waals surface area contributed by atoms with Gasteiger partial charge in [-0.05, 0) is 42.8 Å². The molecule has 7 nitrogen and oxygen atoms in total. The lowest BCUT2D eigenvalue weighted by Crippen LogP contribution is -2.24. The molecule has 0 radical (unpaired) electrons. The molecule has 188 valence electrons. The monoisotopic (exact) mass is 513 g/mol. The Labute approximate surface area is 198 Å². The molecule has 36 heavy (non-hydrogen) atoms. The lowest BCUT2D eigenvalue weighted by Gasteiger charge is -2.16. The summed E-state index contributed by atoms with van der Waals surface area (Å²) >= 11 is 0. The molecule has 2 amide bonds. The van der Waals surface area contributed by atoms with Gasteiger partial charge in [0.1, 0.15) is 11.5 Å². The molecule has 1 aromatic heterocycles. The Morgan fingerprint density at radius 1 is 1.00 bits per heavy atom. The summed E-state index contributed by atoms with van der Waals surface area (Å²) in [7, 11) is 1.25. The summed E-state index contributed by atoms with van der Waals surface area (Å²) in [5, 5.41) is 16.8. The van der Waals surface area contributed by atoms with E-state index in [4.69, 9.17) is 5.26 Å². The second kappa shape index (κ2) is 9.33. The largest absolute Gasteiger partial charge is 0.435 e. The molecule has 0 fully saturated rings. The van der Waals surface area contributed by atoms with Gasteiger partial charge >= 0.3 is 12.4 Å². The number of hydrogen-bond donors (Lipinski definition) is 2. The molecule has 2 aromatic carbocycles. The molecule has 3 aromatic rings. The van der Waals surface area contributed by atoms with E-state index in [-0.39, 0.29) is 39.2 Å². The molecule has 3 rings (SSSR count). The van der Waals surface area contributed by atoms with E-state index in [9.17, 15) is 40.3 Å². The maximum absolute atomic E-state index is 13.5. The number of aromatic nitrogens is 2. The van der Waals surface area contributed by atoms with Crippen LogP contribution in [-0.4, -0.2) is 28.6 Å². The van der Waals surface area contributed by atoms with E-state index in [0.29, 0.717) is 12.1 Å². The van der Waals surface area contributed by atoms with Crippen molar-refractivity contribution in [3.05, 3.63) is 75.9 Å². The van der Waals surface area contributed by atoms with Crippen molar-refractivity contribution in [2.24, 2.45) is 0 Å². The first-order chi connectivity index (χ1) is 16.7. The fourth-order valence-electron chi connectivity index (χ4n) is 3.29. The lowest BCUT2D eigenvalue weighted by molar-refractivity contribution is -0.141. The highest BCUT2D eigenvalue weighted by Gasteiger charge is 2.39. The molecule has 0 aliphatic rings. The van der Waals surface area contributed by atoms with Crippen molar-refractivity contribution >= 4 is 17.5 Å². The smallest absolute Gasteiger partial charge is 0.355 e. The van der Waals surface area contributed by atoms with Crippen LogP contribution in [0.25, 0.3) is 5.69 Å². The molecule has 0 unspecified atom stereocenters. The van der Waals surface area contributed by atoms with Crippen molar-refractivity contribution in [1.29, 1.82) is 5.26 Å². The summed E-state index contributed by atoms with van der Waals surface area (Å²) in [4.78, 5) is 25.3. The van der Waals surface area contributed by atoms with E-state index in [2.05, 4.69) is 15.7 Å². The van der Waals surface area contributed by atoms with Crippen molar-refractivity contribution in [3.63, 3.8) is 0 Å². The Balaban J connectivity index is 2.22. The van der Waals surface area contributed by atoms with Gasteiger partial charge in [-0.2, -0.15) is 36.7 Å². The first-order valence-corrected chi connectivity index (χ1v) is 9.80. The number of nitrogens with zero attached hydrogens (tertiary/aromatic N) is 3. The highest BCUT2D eigenvalue weighted by molar-refractivity contribution is 6.09. The fraction of sp³-hybridized carbons (Fsp3) is 0.182. The van der Waals surface area contributed by atoms with E-state index in [0.717, 1.165) is 6.07 Å². The van der Waals surface area contributed by atoms with Crippen LogP contribution in [-0.2, 0) is 12.4 Å². The van der Waals surface area contributed by atoms with Gasteiger partial charge in [0.05, 0.1) is 34.1 Å². The normalized spacial score (nSPS) is 11.7. The van der Waals surface area contributed by atoms with Crippen LogP contribution in [0.2, 0.25) is 0 Å². The molecule has 1 heterocycles. The Morgan fingerprint density at radius 2 is 1.67 bits per heavy atom. The first-order valence-electron chi connectivity index (χ1n) is 9.80. The number of benzene rings is 2. The molecule has 0 atom stereocenters. The number of nitrogens with one attached hydrogen (secondary N) is 2. The fourth-order valence-corrected chi connectivity index (χ4v) is 3.29. The van der Waals surface area contributed by atoms with Crippen LogP contribution in [0.1, 0.15) is 43.2 Å². The number of halogens is 7. The lowest BCUT2D eigenvalue weighted by atomic mass is 10.0. The number of rotatable bonds is 4. The van der Waals surface area contributed by atoms with Gasteiger partial charge in [0.25, 0.3) is 11.8 Å². The third-order valence-electron chi connectivity index (χ3n) is 4.90. The Bertz CT molecular complexity index is 1400. The van der Waals surface area contributed by atoms with Gasteiger partial charge in [-0.25, -0.2) is 9.07 Å². The van der Waals surface area contributed by atoms with Gasteiger partial charge in [0.2, 0.25) is 0 Å². The summed E-state index contributed by atoms with van der Waals surface area (Å²) in [5.74, 6) is -3.43. The SMILES string of the molecule is CNC(=O)c1cc(C#N)cc(C)c1NC(=O)c1cc(C(F)(F)F)nn1-c1ccc(F)cc1C(F)(F)F. The summed E-state index contributed by atoms with van der Waals surface area (Å²) in [6.45, 7) is 1.39. The average Bonchev–Trinajstić information content (AvgIpc) is 3.25. The quantitative estimate of drug-likeness (QED) is 0.488. The van der Waals surface area contributed by atoms with Crippen LogP contribution in [0.5, 0.6) is 0 Å². The minimum absolute atomic E-state index is 0.0367. The number of aryl methyl sites for hydroxylation is 1. The van der Waals surface area contributed by atoms with Crippen molar-refractivity contribution in [2.75, 3.05) is 12.4 Å². The molecule has 0 saturated carbocycles. The highest BCUT2D eigenvalue weighted by atomic mass is 19.4. The molecule has 0 aliphatic carbocycles. The third kappa shape index (κ3) is 5.14. The Morgan fingerprint density at radius 3 is 2.22 bits per heavy atom. The highest BCUT2D eigenvalue weighted by Crippen LogP contribution is 2.36. The molecular weight excluding hydrogens is 499 g/mol. The van der Waals surface area contributed by atoms with Crippen LogP contribution < -0.4 is 10.6 Å². The second-order valence-electron chi connectivity index (χ2n) is 7.34. The van der Waals surface area contributed by atoms with Crippen LogP contribution in [0.15, 0.2) is 36.4 Å². The van der Waals surface area contributed by atoms with Gasteiger partial charge in [0.15, 0.2) is 5.69 Å². The van der Waals surface area contributed by atoms with Crippen molar-refractivity contribution in [2.45, 2.75) is 19.3 Å². The molecular formula is C22H14F7N5O2. The maximum Gasteiger partial charge on any atom is 0.435 e. The molecule has 0 saturated heterocycles. The zero-order chi connectivity index (χ0) is 27.0.